The van der Waals surface area contributed by atoms with Crippen LogP contribution < -0.4 is 10.6 Å². The monoisotopic (exact) mass is 376 g/mol. The van der Waals surface area contributed by atoms with Gasteiger partial charge in [-0.3, -0.25) is 9.89 Å². The van der Waals surface area contributed by atoms with Crippen molar-refractivity contribution in [3.63, 3.8) is 0 Å². The number of guanidine groups is 1. The first-order valence-electron chi connectivity index (χ1n) is 10.2. The van der Waals surface area contributed by atoms with E-state index in [2.05, 4.69) is 36.3 Å². The molecule has 1 aromatic carbocycles. The van der Waals surface area contributed by atoms with E-state index in [-0.39, 0.29) is 0 Å². The molecule has 0 radical (unpaired) electrons. The minimum atomic E-state index is 0.315. The lowest BCUT2D eigenvalue weighted by Crippen LogP contribution is -2.46. The standard InChI is InChI=1S/C21H36N4O2/c1-4-22-21(23-9-8-18-6-5-7-20(26)15-18)24-16-19(14-17(2)3)25-10-12-27-13-11-25/h5-7,15,17,19,26H,4,8-14,16H2,1-3H3,(H2,22,23,24). The summed E-state index contributed by atoms with van der Waals surface area (Å²) in [5.74, 6) is 1.82. The van der Waals surface area contributed by atoms with Gasteiger partial charge in [-0.05, 0) is 43.4 Å². The maximum Gasteiger partial charge on any atom is 0.191 e. The average molecular weight is 377 g/mol. The van der Waals surface area contributed by atoms with Crippen molar-refractivity contribution in [2.45, 2.75) is 39.7 Å². The molecule has 1 aliphatic rings. The molecule has 1 saturated heterocycles. The second-order valence-corrected chi connectivity index (χ2v) is 7.50. The van der Waals surface area contributed by atoms with Crippen molar-refractivity contribution in [2.75, 3.05) is 45.9 Å². The molecule has 1 atom stereocenters. The first-order valence-corrected chi connectivity index (χ1v) is 10.2. The van der Waals surface area contributed by atoms with Crippen LogP contribution in [0.2, 0.25) is 0 Å². The molecule has 0 bridgehead atoms. The van der Waals surface area contributed by atoms with E-state index >= 15 is 0 Å². The summed E-state index contributed by atoms with van der Waals surface area (Å²) in [7, 11) is 0. The van der Waals surface area contributed by atoms with Crippen molar-refractivity contribution in [3.8, 4) is 5.75 Å². The van der Waals surface area contributed by atoms with Crippen molar-refractivity contribution in [1.29, 1.82) is 0 Å². The van der Waals surface area contributed by atoms with Crippen LogP contribution >= 0.6 is 0 Å². The summed E-state index contributed by atoms with van der Waals surface area (Å²) in [6.07, 6.45) is 1.99. The lowest BCUT2D eigenvalue weighted by Gasteiger charge is -2.34. The lowest BCUT2D eigenvalue weighted by molar-refractivity contribution is 0.0143. The van der Waals surface area contributed by atoms with Crippen LogP contribution in [0.1, 0.15) is 32.8 Å². The minimum Gasteiger partial charge on any atom is -0.508 e. The second kappa shape index (κ2) is 11.8. The van der Waals surface area contributed by atoms with Crippen molar-refractivity contribution < 1.29 is 9.84 Å². The second-order valence-electron chi connectivity index (χ2n) is 7.50. The molecule has 0 spiro atoms. The van der Waals surface area contributed by atoms with Gasteiger partial charge in [-0.15, -0.1) is 0 Å². The van der Waals surface area contributed by atoms with Gasteiger partial charge in [-0.1, -0.05) is 26.0 Å². The summed E-state index contributed by atoms with van der Waals surface area (Å²) in [4.78, 5) is 7.37. The van der Waals surface area contributed by atoms with Gasteiger partial charge in [0.1, 0.15) is 5.75 Å². The Bertz CT molecular complexity index is 571. The molecule has 0 amide bonds. The van der Waals surface area contributed by atoms with Crippen LogP contribution in [0.25, 0.3) is 0 Å². The third kappa shape index (κ3) is 8.18. The zero-order chi connectivity index (χ0) is 19.5. The van der Waals surface area contributed by atoms with E-state index in [1.54, 1.807) is 6.07 Å². The molecule has 27 heavy (non-hydrogen) atoms. The molecule has 0 aromatic heterocycles. The van der Waals surface area contributed by atoms with E-state index in [1.807, 2.05) is 18.2 Å². The summed E-state index contributed by atoms with van der Waals surface area (Å²) < 4.78 is 5.50. The first-order chi connectivity index (χ1) is 13.1. The molecule has 6 nitrogen and oxygen atoms in total. The Morgan fingerprint density at radius 1 is 1.26 bits per heavy atom. The third-order valence-electron chi connectivity index (χ3n) is 4.73. The van der Waals surface area contributed by atoms with E-state index in [0.29, 0.717) is 17.7 Å². The average Bonchev–Trinajstić information content (AvgIpc) is 2.65. The molecular formula is C21H36N4O2. The summed E-state index contributed by atoms with van der Waals surface area (Å²) >= 11 is 0. The maximum atomic E-state index is 9.58. The highest BCUT2D eigenvalue weighted by atomic mass is 16.5. The highest BCUT2D eigenvalue weighted by Crippen LogP contribution is 2.14. The molecule has 1 aromatic rings. The van der Waals surface area contributed by atoms with Gasteiger partial charge >= 0.3 is 0 Å². The Labute approximate surface area is 164 Å². The van der Waals surface area contributed by atoms with Crippen LogP contribution in [0.3, 0.4) is 0 Å². The van der Waals surface area contributed by atoms with E-state index in [9.17, 15) is 5.11 Å². The predicted molar refractivity (Wildman–Crippen MR) is 111 cm³/mol. The van der Waals surface area contributed by atoms with Crippen LogP contribution in [0, 0.1) is 5.92 Å². The van der Waals surface area contributed by atoms with Gasteiger partial charge in [-0.2, -0.15) is 0 Å². The molecule has 1 unspecified atom stereocenters. The highest BCUT2D eigenvalue weighted by molar-refractivity contribution is 5.79. The number of aliphatic imine (C=N–C) groups is 1. The predicted octanol–water partition coefficient (Wildman–Crippen LogP) is 2.24. The van der Waals surface area contributed by atoms with Gasteiger partial charge in [0.05, 0.1) is 19.8 Å². The van der Waals surface area contributed by atoms with Crippen LogP contribution in [-0.2, 0) is 11.2 Å². The molecule has 0 aliphatic carbocycles. The van der Waals surface area contributed by atoms with Crippen LogP contribution in [0.15, 0.2) is 29.3 Å². The van der Waals surface area contributed by atoms with Gasteiger partial charge < -0.3 is 20.5 Å². The fourth-order valence-electron chi connectivity index (χ4n) is 3.40. The molecule has 2 rings (SSSR count). The number of aromatic hydroxyl groups is 1. The molecule has 0 saturated carbocycles. The first kappa shape index (κ1) is 21.5. The number of ether oxygens (including phenoxy) is 1. The third-order valence-corrected chi connectivity index (χ3v) is 4.73. The smallest absolute Gasteiger partial charge is 0.191 e. The normalized spacial score (nSPS) is 17.1. The number of morpholine rings is 1. The summed E-state index contributed by atoms with van der Waals surface area (Å²) in [5, 5.41) is 16.3. The Morgan fingerprint density at radius 3 is 2.70 bits per heavy atom. The quantitative estimate of drug-likeness (QED) is 0.455. The molecule has 3 N–H and O–H groups in total. The largest absolute Gasteiger partial charge is 0.508 e. The molecule has 1 aliphatic heterocycles. The Morgan fingerprint density at radius 2 is 2.04 bits per heavy atom. The van der Waals surface area contributed by atoms with E-state index in [4.69, 9.17) is 9.73 Å². The van der Waals surface area contributed by atoms with Crippen LogP contribution in [0.4, 0.5) is 0 Å². The Hall–Kier alpha value is -1.79. The molecule has 1 heterocycles. The van der Waals surface area contributed by atoms with Crippen molar-refractivity contribution in [3.05, 3.63) is 29.8 Å². The molecule has 152 valence electrons. The summed E-state index contributed by atoms with van der Waals surface area (Å²) in [6, 6.07) is 7.87. The fourth-order valence-corrected chi connectivity index (χ4v) is 3.40. The Balaban J connectivity index is 1.90. The highest BCUT2D eigenvalue weighted by Gasteiger charge is 2.21. The van der Waals surface area contributed by atoms with Crippen molar-refractivity contribution >= 4 is 5.96 Å². The number of hydrogen-bond acceptors (Lipinski definition) is 4. The fraction of sp³-hybridized carbons (Fsp3) is 0.667. The zero-order valence-electron chi connectivity index (χ0n) is 17.1. The number of phenolic OH excluding ortho intramolecular Hbond substituents is 1. The molecule has 6 heteroatoms. The van der Waals surface area contributed by atoms with Gasteiger partial charge in [0.15, 0.2) is 5.96 Å². The number of benzene rings is 1. The molecule has 1 fully saturated rings. The summed E-state index contributed by atoms with van der Waals surface area (Å²) in [5.41, 5.74) is 1.12. The van der Waals surface area contributed by atoms with E-state index < -0.39 is 0 Å². The number of nitrogens with zero attached hydrogens (tertiary/aromatic N) is 2. The van der Waals surface area contributed by atoms with Gasteiger partial charge in [-0.25, -0.2) is 0 Å². The van der Waals surface area contributed by atoms with Crippen LogP contribution in [0.5, 0.6) is 5.75 Å². The number of rotatable bonds is 9. The SMILES string of the molecule is CCNC(=NCC(CC(C)C)N1CCOCC1)NCCc1cccc(O)c1. The number of nitrogens with one attached hydrogen (secondary N) is 2. The number of phenols is 1. The topological polar surface area (TPSA) is 69.1 Å². The van der Waals surface area contributed by atoms with E-state index in [1.165, 1.54) is 0 Å². The Kier molecular flexibility index (Phi) is 9.42. The zero-order valence-corrected chi connectivity index (χ0v) is 17.1. The number of hydrogen-bond donors (Lipinski definition) is 3. The van der Waals surface area contributed by atoms with Gasteiger partial charge in [0, 0.05) is 32.2 Å². The molecular weight excluding hydrogens is 340 g/mol. The lowest BCUT2D eigenvalue weighted by atomic mass is 10.0. The van der Waals surface area contributed by atoms with Crippen LogP contribution in [-0.4, -0.2) is 67.9 Å². The van der Waals surface area contributed by atoms with Crippen molar-refractivity contribution in [1.82, 2.24) is 15.5 Å². The van der Waals surface area contributed by atoms with Crippen molar-refractivity contribution in [2.24, 2.45) is 10.9 Å². The maximum absolute atomic E-state index is 9.58. The summed E-state index contributed by atoms with van der Waals surface area (Å²) in [6.45, 7) is 12.7. The van der Waals surface area contributed by atoms with Gasteiger partial charge in [0.25, 0.3) is 0 Å². The minimum absolute atomic E-state index is 0.315. The van der Waals surface area contributed by atoms with Gasteiger partial charge in [0.2, 0.25) is 0 Å². The van der Waals surface area contributed by atoms with E-state index in [0.717, 1.165) is 70.3 Å².